The van der Waals surface area contributed by atoms with E-state index in [4.69, 9.17) is 0 Å². The van der Waals surface area contributed by atoms with Gasteiger partial charge in [0.15, 0.2) is 0 Å². The molecule has 0 saturated heterocycles. The predicted octanol–water partition coefficient (Wildman–Crippen LogP) is 16.3. The maximum atomic E-state index is 2.39. The molecule has 0 aliphatic carbocycles. The molecule has 0 radical (unpaired) electrons. The van der Waals surface area contributed by atoms with E-state index in [9.17, 15) is 0 Å². The van der Waals surface area contributed by atoms with E-state index < -0.39 is 0 Å². The first-order chi connectivity index (χ1) is 20.7. The Bertz CT molecular complexity index is 437. The van der Waals surface area contributed by atoms with E-state index >= 15 is 0 Å². The lowest BCUT2D eigenvalue weighted by Crippen LogP contribution is -2.21. The summed E-state index contributed by atoms with van der Waals surface area (Å²) in [6.45, 7) is 11.8. The van der Waals surface area contributed by atoms with E-state index in [2.05, 4.69) is 34.6 Å². The number of hydrogen-bond acceptors (Lipinski definition) is 0. The summed E-state index contributed by atoms with van der Waals surface area (Å²) < 4.78 is 0. The monoisotopic (exact) mass is 591 g/mol. The van der Waals surface area contributed by atoms with Gasteiger partial charge in [-0.25, -0.2) is 0 Å². The van der Waals surface area contributed by atoms with Crippen molar-refractivity contribution in [3.63, 3.8) is 0 Å². The molecule has 0 aliphatic heterocycles. The van der Waals surface area contributed by atoms with Crippen molar-refractivity contribution >= 4 is 0 Å². The molecule has 0 aromatic heterocycles. The summed E-state index contributed by atoms with van der Waals surface area (Å²) in [5, 5.41) is 0. The molecule has 0 aromatic carbocycles. The van der Waals surface area contributed by atoms with Crippen LogP contribution in [0.15, 0.2) is 0 Å². The summed E-state index contributed by atoms with van der Waals surface area (Å²) in [5.74, 6) is 1.03. The molecule has 0 aliphatic rings. The van der Waals surface area contributed by atoms with Crippen molar-refractivity contribution in [1.29, 1.82) is 0 Å². The number of unbranched alkanes of at least 4 members (excludes halogenated alkanes) is 22. The minimum atomic E-state index is 0.681. The Morgan fingerprint density at radius 3 is 0.810 bits per heavy atom. The second kappa shape index (κ2) is 33.9. The second-order valence-electron chi connectivity index (χ2n) is 14.9. The molecule has 0 N–H and O–H groups in total. The molecule has 0 atom stereocenters. The van der Waals surface area contributed by atoms with E-state index in [1.807, 2.05) is 0 Å². The van der Waals surface area contributed by atoms with E-state index in [-0.39, 0.29) is 0 Å². The molecule has 0 heterocycles. The van der Waals surface area contributed by atoms with Crippen LogP contribution in [0, 0.1) is 11.3 Å². The van der Waals surface area contributed by atoms with Gasteiger partial charge in [0.25, 0.3) is 0 Å². The second-order valence-corrected chi connectivity index (χ2v) is 14.9. The molecule has 0 saturated carbocycles. The van der Waals surface area contributed by atoms with Crippen molar-refractivity contribution in [3.8, 4) is 0 Å². The van der Waals surface area contributed by atoms with Gasteiger partial charge in [-0.1, -0.05) is 234 Å². The molecule has 0 nitrogen and oxygen atoms in total. The SMILES string of the molecule is CCCCCCCCCCC(CCCCCCCCCC)CCCCCCCCC(CCCC)(CCCC)CCCC. The van der Waals surface area contributed by atoms with Gasteiger partial charge in [-0.2, -0.15) is 0 Å². The zero-order valence-corrected chi connectivity index (χ0v) is 30.8. The normalized spacial score (nSPS) is 12.1. The highest BCUT2D eigenvalue weighted by Crippen LogP contribution is 2.41. The molecule has 0 bridgehead atoms. The molecule has 0 rings (SSSR count). The van der Waals surface area contributed by atoms with Gasteiger partial charge in [-0.05, 0) is 37.0 Å². The quantitative estimate of drug-likeness (QED) is 0.0637. The molecule has 0 spiro atoms. The average Bonchev–Trinajstić information content (AvgIpc) is 3.01. The summed E-state index contributed by atoms with van der Waals surface area (Å²) >= 11 is 0. The fourth-order valence-corrected chi connectivity index (χ4v) is 7.61. The van der Waals surface area contributed by atoms with Crippen molar-refractivity contribution in [3.05, 3.63) is 0 Å². The van der Waals surface area contributed by atoms with Crippen LogP contribution in [0.3, 0.4) is 0 Å². The molecule has 0 aromatic rings. The Morgan fingerprint density at radius 2 is 0.500 bits per heavy atom. The highest BCUT2D eigenvalue weighted by atomic mass is 14.3. The van der Waals surface area contributed by atoms with Crippen LogP contribution in [0.25, 0.3) is 0 Å². The van der Waals surface area contributed by atoms with E-state index in [1.54, 1.807) is 0 Å². The third-order valence-corrected chi connectivity index (χ3v) is 10.7. The lowest BCUT2D eigenvalue weighted by Gasteiger charge is -2.35. The smallest absolute Gasteiger partial charge is 0.0297 e. The van der Waals surface area contributed by atoms with Gasteiger partial charge in [-0.3, -0.25) is 0 Å². The van der Waals surface area contributed by atoms with Crippen molar-refractivity contribution in [2.24, 2.45) is 11.3 Å². The number of rotatable bonds is 36. The van der Waals surface area contributed by atoms with Crippen LogP contribution in [0.5, 0.6) is 0 Å². The first kappa shape index (κ1) is 42.0. The lowest BCUT2D eigenvalue weighted by molar-refractivity contribution is 0.175. The predicted molar refractivity (Wildman–Crippen MR) is 196 cm³/mol. The van der Waals surface area contributed by atoms with Crippen LogP contribution in [0.4, 0.5) is 0 Å². The van der Waals surface area contributed by atoms with Gasteiger partial charge in [-0.15, -0.1) is 0 Å². The Kier molecular flexibility index (Phi) is 33.9. The third kappa shape index (κ3) is 27.5. The van der Waals surface area contributed by atoms with Crippen molar-refractivity contribution in [2.45, 2.75) is 259 Å². The summed E-state index contributed by atoms with van der Waals surface area (Å²) in [7, 11) is 0. The van der Waals surface area contributed by atoms with Crippen molar-refractivity contribution < 1.29 is 0 Å². The summed E-state index contributed by atoms with van der Waals surface area (Å²) in [6, 6.07) is 0. The first-order valence-electron chi connectivity index (χ1n) is 20.7. The molecular weight excluding hydrogens is 504 g/mol. The van der Waals surface area contributed by atoms with Gasteiger partial charge in [0.1, 0.15) is 0 Å². The van der Waals surface area contributed by atoms with E-state index in [0.717, 1.165) is 5.92 Å². The van der Waals surface area contributed by atoms with Crippen LogP contribution in [-0.4, -0.2) is 0 Å². The van der Waals surface area contributed by atoms with E-state index in [1.165, 1.54) is 225 Å². The summed E-state index contributed by atoms with van der Waals surface area (Å²) in [6.07, 6.45) is 51.5. The minimum Gasteiger partial charge on any atom is -0.0654 e. The molecule has 0 heteroatoms. The van der Waals surface area contributed by atoms with Crippen LogP contribution < -0.4 is 0 Å². The largest absolute Gasteiger partial charge is 0.0654 e. The van der Waals surface area contributed by atoms with Gasteiger partial charge < -0.3 is 0 Å². The Hall–Kier alpha value is 0. The molecule has 254 valence electrons. The highest BCUT2D eigenvalue weighted by Gasteiger charge is 2.27. The van der Waals surface area contributed by atoms with Gasteiger partial charge in [0.05, 0.1) is 0 Å². The highest BCUT2D eigenvalue weighted by molar-refractivity contribution is 4.79. The fraction of sp³-hybridized carbons (Fsp3) is 1.00. The van der Waals surface area contributed by atoms with E-state index in [0.29, 0.717) is 5.41 Å². The number of hydrogen-bond donors (Lipinski definition) is 0. The van der Waals surface area contributed by atoms with Crippen molar-refractivity contribution in [2.75, 3.05) is 0 Å². The molecule has 42 heavy (non-hydrogen) atoms. The average molecular weight is 591 g/mol. The van der Waals surface area contributed by atoms with Gasteiger partial charge in [0, 0.05) is 0 Å². The summed E-state index contributed by atoms with van der Waals surface area (Å²) in [5.41, 5.74) is 0.681. The Morgan fingerprint density at radius 1 is 0.262 bits per heavy atom. The third-order valence-electron chi connectivity index (χ3n) is 10.7. The minimum absolute atomic E-state index is 0.681. The lowest BCUT2D eigenvalue weighted by atomic mass is 9.71. The molecule has 0 fully saturated rings. The van der Waals surface area contributed by atoms with Crippen LogP contribution in [0.1, 0.15) is 259 Å². The van der Waals surface area contributed by atoms with Crippen LogP contribution >= 0.6 is 0 Å². The maximum absolute atomic E-state index is 2.39. The maximum Gasteiger partial charge on any atom is -0.0297 e. The first-order valence-corrected chi connectivity index (χ1v) is 20.7. The van der Waals surface area contributed by atoms with Crippen molar-refractivity contribution in [1.82, 2.24) is 0 Å². The summed E-state index contributed by atoms with van der Waals surface area (Å²) in [4.78, 5) is 0. The van der Waals surface area contributed by atoms with Crippen LogP contribution in [-0.2, 0) is 0 Å². The fourth-order valence-electron chi connectivity index (χ4n) is 7.61. The Balaban J connectivity index is 4.30. The standard InChI is InChI=1S/C42H86/c1-6-11-16-18-20-22-26-30-34-41(35-31-27-23-21-19-17-12-7-2)36-32-28-24-25-29-33-40-42(37-13-8-3,38-14-9-4)39-15-10-5/h41H,6-40H2,1-5H3. The van der Waals surface area contributed by atoms with Gasteiger partial charge >= 0.3 is 0 Å². The Labute approximate surface area is 270 Å². The zero-order valence-electron chi connectivity index (χ0n) is 30.8. The molecule has 0 amide bonds. The zero-order chi connectivity index (χ0) is 30.8. The van der Waals surface area contributed by atoms with Gasteiger partial charge in [0.2, 0.25) is 0 Å². The van der Waals surface area contributed by atoms with Crippen LogP contribution in [0.2, 0.25) is 0 Å². The molecule has 0 unspecified atom stereocenters. The molecular formula is C42H86. The topological polar surface area (TPSA) is 0 Å².